The zero-order chi connectivity index (χ0) is 15.1. The summed E-state index contributed by atoms with van der Waals surface area (Å²) in [5.41, 5.74) is 0.283. The largest absolute Gasteiger partial charge is 0.478 e. The molecule has 6 nitrogen and oxygen atoms in total. The van der Waals surface area contributed by atoms with Crippen LogP contribution >= 0.6 is 11.3 Å². The van der Waals surface area contributed by atoms with Gasteiger partial charge in [-0.1, -0.05) is 6.92 Å². The van der Waals surface area contributed by atoms with Crippen molar-refractivity contribution in [2.75, 3.05) is 11.9 Å². The van der Waals surface area contributed by atoms with Gasteiger partial charge in [-0.25, -0.2) is 9.59 Å². The van der Waals surface area contributed by atoms with E-state index >= 15 is 0 Å². The van der Waals surface area contributed by atoms with Crippen molar-refractivity contribution < 1.29 is 24.2 Å². The molecule has 0 aliphatic heterocycles. The standard InChI is InChI=1S/C13H15NO5S/c1-3-8-7-9(13(18)19-4-2)12(20-8)14-10(15)5-6-11(16)17/h5-7H,3-4H2,1-2H3,(H,14,15)(H,16,17). The van der Waals surface area contributed by atoms with Crippen molar-refractivity contribution in [3.8, 4) is 0 Å². The SMILES string of the molecule is CCOC(=O)c1cc(CC)sc1NC(=O)C=CC(=O)O. The Balaban J connectivity index is 2.93. The number of rotatable bonds is 6. The molecule has 0 radical (unpaired) electrons. The van der Waals surface area contributed by atoms with Gasteiger partial charge in [0.05, 0.1) is 12.2 Å². The summed E-state index contributed by atoms with van der Waals surface area (Å²) in [6.07, 6.45) is 2.34. The van der Waals surface area contributed by atoms with Crippen molar-refractivity contribution in [3.63, 3.8) is 0 Å². The molecule has 0 saturated carbocycles. The van der Waals surface area contributed by atoms with Crippen LogP contribution < -0.4 is 5.32 Å². The van der Waals surface area contributed by atoms with Crippen molar-refractivity contribution in [3.05, 3.63) is 28.7 Å². The van der Waals surface area contributed by atoms with E-state index in [0.717, 1.165) is 23.5 Å². The van der Waals surface area contributed by atoms with Crippen LogP contribution in [0.5, 0.6) is 0 Å². The average Bonchev–Trinajstić information content (AvgIpc) is 2.80. The number of hydrogen-bond acceptors (Lipinski definition) is 5. The number of thiophene rings is 1. The number of esters is 1. The third-order valence-corrected chi connectivity index (χ3v) is 3.44. The number of nitrogens with one attached hydrogen (secondary N) is 1. The Kier molecular flexibility index (Phi) is 5.92. The van der Waals surface area contributed by atoms with Crippen molar-refractivity contribution >= 4 is 34.2 Å². The number of aryl methyl sites for hydroxylation is 1. The molecule has 1 amide bonds. The van der Waals surface area contributed by atoms with Crippen LogP contribution in [0, 0.1) is 0 Å². The van der Waals surface area contributed by atoms with E-state index in [4.69, 9.17) is 9.84 Å². The molecule has 0 atom stereocenters. The second-order valence-electron chi connectivity index (χ2n) is 3.69. The summed E-state index contributed by atoms with van der Waals surface area (Å²) in [6.45, 7) is 3.86. The lowest BCUT2D eigenvalue weighted by Crippen LogP contribution is -2.12. The van der Waals surface area contributed by atoms with E-state index in [-0.39, 0.29) is 12.2 Å². The van der Waals surface area contributed by atoms with Gasteiger partial charge in [0.1, 0.15) is 5.00 Å². The fourth-order valence-corrected chi connectivity index (χ4v) is 2.36. The van der Waals surface area contributed by atoms with Crippen LogP contribution in [0.2, 0.25) is 0 Å². The number of carboxylic acid groups (broad SMARTS) is 1. The maximum absolute atomic E-state index is 11.8. The fraction of sp³-hybridized carbons (Fsp3) is 0.308. The van der Waals surface area contributed by atoms with Gasteiger partial charge >= 0.3 is 11.9 Å². The maximum atomic E-state index is 11.8. The Bertz CT molecular complexity index is 547. The van der Waals surface area contributed by atoms with Crippen LogP contribution in [0.1, 0.15) is 29.1 Å². The van der Waals surface area contributed by atoms with Crippen LogP contribution in [0.4, 0.5) is 5.00 Å². The Morgan fingerprint density at radius 2 is 2.05 bits per heavy atom. The van der Waals surface area contributed by atoms with E-state index in [1.54, 1.807) is 13.0 Å². The molecule has 20 heavy (non-hydrogen) atoms. The molecule has 0 bridgehead atoms. The minimum atomic E-state index is -1.22. The van der Waals surface area contributed by atoms with E-state index in [1.165, 1.54) is 11.3 Å². The Morgan fingerprint density at radius 1 is 1.35 bits per heavy atom. The summed E-state index contributed by atoms with van der Waals surface area (Å²) in [5.74, 6) is -2.34. The van der Waals surface area contributed by atoms with Gasteiger partial charge < -0.3 is 15.2 Å². The second-order valence-corrected chi connectivity index (χ2v) is 4.83. The van der Waals surface area contributed by atoms with E-state index in [2.05, 4.69) is 5.32 Å². The van der Waals surface area contributed by atoms with E-state index < -0.39 is 17.8 Å². The summed E-state index contributed by atoms with van der Waals surface area (Å²) in [4.78, 5) is 34.6. The first kappa shape index (κ1) is 15.9. The first-order valence-corrected chi connectivity index (χ1v) is 6.81. The molecule has 108 valence electrons. The molecule has 0 aromatic carbocycles. The first-order valence-electron chi connectivity index (χ1n) is 5.99. The predicted molar refractivity (Wildman–Crippen MR) is 75.1 cm³/mol. The number of amides is 1. The minimum Gasteiger partial charge on any atom is -0.478 e. The van der Waals surface area contributed by atoms with Crippen molar-refractivity contribution in [2.24, 2.45) is 0 Å². The summed E-state index contributed by atoms with van der Waals surface area (Å²) < 4.78 is 4.91. The highest BCUT2D eigenvalue weighted by Gasteiger charge is 2.17. The number of aliphatic carboxylic acids is 1. The number of carboxylic acids is 1. The molecule has 0 aliphatic carbocycles. The smallest absolute Gasteiger partial charge is 0.341 e. The summed E-state index contributed by atoms with van der Waals surface area (Å²) >= 11 is 1.26. The molecule has 1 heterocycles. The lowest BCUT2D eigenvalue weighted by atomic mass is 10.2. The molecule has 0 spiro atoms. The van der Waals surface area contributed by atoms with Crippen LogP contribution in [0.25, 0.3) is 0 Å². The lowest BCUT2D eigenvalue weighted by Gasteiger charge is -2.03. The zero-order valence-corrected chi connectivity index (χ0v) is 12.0. The monoisotopic (exact) mass is 297 g/mol. The average molecular weight is 297 g/mol. The van der Waals surface area contributed by atoms with Gasteiger partial charge in [0.2, 0.25) is 5.91 Å². The highest BCUT2D eigenvalue weighted by atomic mass is 32.1. The minimum absolute atomic E-state index is 0.239. The van der Waals surface area contributed by atoms with Crippen LogP contribution in [-0.4, -0.2) is 29.6 Å². The molecule has 2 N–H and O–H groups in total. The number of carbonyl (C=O) groups excluding carboxylic acids is 2. The summed E-state index contributed by atoms with van der Waals surface area (Å²) in [6, 6.07) is 1.67. The highest BCUT2D eigenvalue weighted by Crippen LogP contribution is 2.29. The fourth-order valence-electron chi connectivity index (χ4n) is 1.37. The van der Waals surface area contributed by atoms with Gasteiger partial charge in [-0.3, -0.25) is 4.79 Å². The van der Waals surface area contributed by atoms with Gasteiger partial charge in [-0.05, 0) is 19.4 Å². The summed E-state index contributed by atoms with van der Waals surface area (Å²) in [5, 5.41) is 11.3. The Labute approximate surface area is 120 Å². The number of anilines is 1. The van der Waals surface area contributed by atoms with Crippen LogP contribution in [-0.2, 0) is 20.7 Å². The van der Waals surface area contributed by atoms with Crippen LogP contribution in [0.3, 0.4) is 0 Å². The summed E-state index contributed by atoms with van der Waals surface area (Å²) in [7, 11) is 0. The van der Waals surface area contributed by atoms with Crippen molar-refractivity contribution in [1.82, 2.24) is 0 Å². The molecule has 0 aliphatic rings. The normalized spacial score (nSPS) is 10.5. The second kappa shape index (κ2) is 7.44. The third kappa shape index (κ3) is 4.51. The number of carbonyl (C=O) groups is 3. The van der Waals surface area contributed by atoms with Crippen molar-refractivity contribution in [1.29, 1.82) is 0 Å². The van der Waals surface area contributed by atoms with Gasteiger partial charge in [0, 0.05) is 17.0 Å². The molecule has 0 saturated heterocycles. The molecule has 1 aromatic heterocycles. The molecule has 1 rings (SSSR count). The van der Waals surface area contributed by atoms with Gasteiger partial charge in [-0.15, -0.1) is 11.3 Å². The number of hydrogen-bond donors (Lipinski definition) is 2. The van der Waals surface area contributed by atoms with Gasteiger partial charge in [0.15, 0.2) is 0 Å². The maximum Gasteiger partial charge on any atom is 0.341 e. The van der Waals surface area contributed by atoms with Crippen molar-refractivity contribution in [2.45, 2.75) is 20.3 Å². The first-order chi connectivity index (χ1) is 9.47. The topological polar surface area (TPSA) is 92.7 Å². The van der Waals surface area contributed by atoms with E-state index in [9.17, 15) is 14.4 Å². The zero-order valence-electron chi connectivity index (χ0n) is 11.1. The Morgan fingerprint density at radius 3 is 2.60 bits per heavy atom. The predicted octanol–water partition coefficient (Wildman–Crippen LogP) is 2.07. The highest BCUT2D eigenvalue weighted by molar-refractivity contribution is 7.16. The van der Waals surface area contributed by atoms with E-state index in [0.29, 0.717) is 5.00 Å². The van der Waals surface area contributed by atoms with E-state index in [1.807, 2.05) is 6.92 Å². The molecule has 1 aromatic rings. The third-order valence-electron chi connectivity index (χ3n) is 2.24. The number of ether oxygens (including phenoxy) is 1. The van der Waals surface area contributed by atoms with Crippen LogP contribution in [0.15, 0.2) is 18.2 Å². The molecular weight excluding hydrogens is 282 g/mol. The quantitative estimate of drug-likeness (QED) is 0.619. The van der Waals surface area contributed by atoms with Gasteiger partial charge in [0.25, 0.3) is 0 Å². The molecule has 7 heteroatoms. The van der Waals surface area contributed by atoms with Gasteiger partial charge in [-0.2, -0.15) is 0 Å². The molecular formula is C13H15NO5S. The molecule has 0 fully saturated rings. The Hall–Kier alpha value is -2.15. The lowest BCUT2D eigenvalue weighted by molar-refractivity contribution is -0.131. The molecule has 0 unspecified atom stereocenters.